The Balaban J connectivity index is 1.30. The molecule has 2 aromatic rings. The molecule has 2 aromatic carbocycles. The molecule has 0 aromatic heterocycles. The lowest BCUT2D eigenvalue weighted by Crippen LogP contribution is -2.73. The maximum atomic E-state index is 13.0. The van der Waals surface area contributed by atoms with Crippen LogP contribution >= 0.6 is 0 Å². The Morgan fingerprint density at radius 3 is 2.33 bits per heavy atom. The van der Waals surface area contributed by atoms with Crippen molar-refractivity contribution in [1.29, 1.82) is 0 Å². The first-order chi connectivity index (χ1) is 16.2. The molecule has 0 saturated carbocycles. The highest BCUT2D eigenvalue weighted by Gasteiger charge is 2.54. The lowest BCUT2D eigenvalue weighted by molar-refractivity contribution is -0.169. The van der Waals surface area contributed by atoms with Crippen LogP contribution in [0.15, 0.2) is 54.6 Å². The fourth-order valence-electron chi connectivity index (χ4n) is 5.46. The van der Waals surface area contributed by atoms with Crippen molar-refractivity contribution in [2.75, 3.05) is 32.9 Å². The van der Waals surface area contributed by atoms with Gasteiger partial charge in [0.05, 0.1) is 25.2 Å². The van der Waals surface area contributed by atoms with Crippen molar-refractivity contribution in [3.8, 4) is 0 Å². The lowest BCUT2D eigenvalue weighted by Gasteiger charge is -2.59. The van der Waals surface area contributed by atoms with Crippen molar-refractivity contribution in [2.24, 2.45) is 5.92 Å². The van der Waals surface area contributed by atoms with Gasteiger partial charge in [0.1, 0.15) is 0 Å². The van der Waals surface area contributed by atoms with E-state index in [4.69, 9.17) is 4.74 Å². The average Bonchev–Trinajstić information content (AvgIpc) is 2.85. The van der Waals surface area contributed by atoms with E-state index in [1.807, 2.05) is 18.2 Å². The second-order valence-corrected chi connectivity index (χ2v) is 9.16. The topological polar surface area (TPSA) is 70.1 Å². The Labute approximate surface area is 194 Å². The Hall–Kier alpha value is -2.96. The summed E-state index contributed by atoms with van der Waals surface area (Å²) in [5.41, 5.74) is 3.34. The third-order valence-electron chi connectivity index (χ3n) is 7.22. The molecule has 3 aliphatic heterocycles. The second kappa shape index (κ2) is 9.49. The first kappa shape index (κ1) is 21.9. The molecule has 6 heteroatoms. The molecule has 2 amide bonds. The number of amides is 2. The van der Waals surface area contributed by atoms with Crippen LogP contribution in [0.5, 0.6) is 0 Å². The van der Waals surface area contributed by atoms with Gasteiger partial charge in [-0.3, -0.25) is 9.59 Å². The zero-order chi connectivity index (χ0) is 22.8. The highest BCUT2D eigenvalue weighted by Crippen LogP contribution is 2.43. The van der Waals surface area contributed by atoms with Crippen molar-refractivity contribution in [3.63, 3.8) is 0 Å². The van der Waals surface area contributed by atoms with Crippen LogP contribution in [0.25, 0.3) is 12.2 Å². The van der Waals surface area contributed by atoms with Crippen molar-refractivity contribution in [2.45, 2.75) is 30.8 Å². The number of carbonyl (C=O) groups is 2. The second-order valence-electron chi connectivity index (χ2n) is 9.16. The number of piperazine rings is 1. The van der Waals surface area contributed by atoms with Crippen molar-refractivity contribution >= 4 is 24.0 Å². The van der Waals surface area contributed by atoms with Crippen LogP contribution in [0.2, 0.25) is 0 Å². The zero-order valence-corrected chi connectivity index (χ0v) is 18.7. The van der Waals surface area contributed by atoms with Crippen molar-refractivity contribution < 1.29 is 19.4 Å². The molecule has 6 nitrogen and oxygen atoms in total. The van der Waals surface area contributed by atoms with Crippen LogP contribution in [-0.4, -0.2) is 71.7 Å². The Morgan fingerprint density at radius 2 is 1.67 bits per heavy atom. The van der Waals surface area contributed by atoms with Crippen LogP contribution in [0, 0.1) is 5.92 Å². The highest BCUT2D eigenvalue weighted by molar-refractivity contribution is 5.88. The third-order valence-corrected chi connectivity index (χ3v) is 7.22. The van der Waals surface area contributed by atoms with Crippen LogP contribution in [0.4, 0.5) is 0 Å². The van der Waals surface area contributed by atoms with Crippen LogP contribution in [0.1, 0.15) is 35.4 Å². The number of aliphatic hydroxyl groups excluding tert-OH is 1. The molecule has 3 saturated heterocycles. The summed E-state index contributed by atoms with van der Waals surface area (Å²) >= 11 is 0. The summed E-state index contributed by atoms with van der Waals surface area (Å²) in [6.45, 7) is 1.77. The minimum absolute atomic E-state index is 0.0244. The van der Waals surface area contributed by atoms with Gasteiger partial charge >= 0.3 is 0 Å². The molecular weight excluding hydrogens is 416 g/mol. The molecule has 0 aliphatic carbocycles. The van der Waals surface area contributed by atoms with E-state index in [2.05, 4.69) is 48.6 Å². The number of rotatable bonds is 5. The predicted octanol–water partition coefficient (Wildman–Crippen LogP) is 2.78. The number of nitrogens with zero attached hydrogens (tertiary/aromatic N) is 2. The fourth-order valence-corrected chi connectivity index (χ4v) is 5.46. The number of ether oxygens (including phenoxy) is 1. The number of hydrogen-bond acceptors (Lipinski definition) is 4. The summed E-state index contributed by atoms with van der Waals surface area (Å²) in [7, 11) is 0. The molecule has 0 unspecified atom stereocenters. The van der Waals surface area contributed by atoms with E-state index in [1.165, 1.54) is 0 Å². The Morgan fingerprint density at radius 1 is 1.00 bits per heavy atom. The van der Waals surface area contributed by atoms with E-state index < -0.39 is 0 Å². The molecular formula is C27H30N2O4. The van der Waals surface area contributed by atoms with Crippen LogP contribution < -0.4 is 0 Å². The summed E-state index contributed by atoms with van der Waals surface area (Å²) in [5, 5.41) is 10.0. The number of hydrogen-bond donors (Lipinski definition) is 1. The molecule has 1 N–H and O–H groups in total. The summed E-state index contributed by atoms with van der Waals surface area (Å²) in [6, 6.07) is 18.1. The van der Waals surface area contributed by atoms with Gasteiger partial charge in [-0.25, -0.2) is 0 Å². The smallest absolute Gasteiger partial charge is 0.242 e. The molecule has 0 spiro atoms. The molecule has 172 valence electrons. The van der Waals surface area contributed by atoms with E-state index in [9.17, 15) is 14.7 Å². The number of benzene rings is 2. The van der Waals surface area contributed by atoms with Gasteiger partial charge < -0.3 is 19.6 Å². The summed E-state index contributed by atoms with van der Waals surface area (Å²) in [6.07, 6.45) is 5.60. The molecule has 3 heterocycles. The molecule has 3 fully saturated rings. The van der Waals surface area contributed by atoms with E-state index in [1.54, 1.807) is 9.80 Å². The first-order valence-corrected chi connectivity index (χ1v) is 11.8. The molecule has 5 rings (SSSR count). The number of carbonyl (C=O) groups excluding carboxylic acids is 2. The van der Waals surface area contributed by atoms with Gasteiger partial charge in [0.25, 0.3) is 0 Å². The van der Waals surface area contributed by atoms with Crippen molar-refractivity contribution in [3.05, 3.63) is 71.3 Å². The zero-order valence-electron chi connectivity index (χ0n) is 18.7. The third kappa shape index (κ3) is 4.33. The summed E-state index contributed by atoms with van der Waals surface area (Å²) in [5.74, 6) is -0.0272. The van der Waals surface area contributed by atoms with E-state index in [0.717, 1.165) is 29.5 Å². The van der Waals surface area contributed by atoms with Crippen LogP contribution in [-0.2, 0) is 14.3 Å². The van der Waals surface area contributed by atoms with Gasteiger partial charge in [-0.05, 0) is 29.5 Å². The molecule has 3 atom stereocenters. The standard InChI is InChI=1S/C27H30N2O4/c30-18-24-26(21-10-8-20(9-11-21)7-6-19-4-2-1-3-5-19)23-16-28(17-25(31)29(23)24)27(32)22-12-14-33-15-13-22/h1-11,22-24,26,30H,12-18H2/b7-6+/t23-,24-,26-/m0/s1. The molecule has 33 heavy (non-hydrogen) atoms. The molecule has 3 aliphatic rings. The van der Waals surface area contributed by atoms with Gasteiger partial charge in [0.15, 0.2) is 0 Å². The SMILES string of the molecule is O=C(C1CCOCC1)N1CC(=O)N2[C@@H](CO)[C@@H](c3ccc(/C=C/c4ccccc4)cc3)[C@@H]2C1. The van der Waals surface area contributed by atoms with Gasteiger partial charge in [-0.1, -0.05) is 66.7 Å². The maximum absolute atomic E-state index is 13.0. The Kier molecular flexibility index (Phi) is 6.29. The van der Waals surface area contributed by atoms with Crippen molar-refractivity contribution in [1.82, 2.24) is 9.80 Å². The van der Waals surface area contributed by atoms with Gasteiger partial charge in [-0.15, -0.1) is 0 Å². The average molecular weight is 447 g/mol. The normalized spacial score (nSPS) is 25.7. The Bertz CT molecular complexity index is 1010. The largest absolute Gasteiger partial charge is 0.394 e. The number of aliphatic hydroxyl groups is 1. The first-order valence-electron chi connectivity index (χ1n) is 11.8. The van der Waals surface area contributed by atoms with E-state index in [0.29, 0.717) is 19.8 Å². The monoisotopic (exact) mass is 446 g/mol. The molecule has 0 bridgehead atoms. The maximum Gasteiger partial charge on any atom is 0.242 e. The van der Waals surface area contributed by atoms with E-state index >= 15 is 0 Å². The quantitative estimate of drug-likeness (QED) is 0.717. The highest BCUT2D eigenvalue weighted by atomic mass is 16.5. The van der Waals surface area contributed by atoms with Gasteiger partial charge in [0, 0.05) is 31.6 Å². The van der Waals surface area contributed by atoms with Gasteiger partial charge in [0.2, 0.25) is 11.8 Å². The fraction of sp³-hybridized carbons (Fsp3) is 0.407. The minimum atomic E-state index is -0.228. The summed E-state index contributed by atoms with van der Waals surface area (Å²) in [4.78, 5) is 29.4. The van der Waals surface area contributed by atoms with Gasteiger partial charge in [-0.2, -0.15) is 0 Å². The number of fused-ring (bicyclic) bond motifs is 1. The minimum Gasteiger partial charge on any atom is -0.394 e. The summed E-state index contributed by atoms with van der Waals surface area (Å²) < 4.78 is 5.38. The van der Waals surface area contributed by atoms with Crippen LogP contribution in [0.3, 0.4) is 0 Å². The molecule has 0 radical (unpaired) electrons. The predicted molar refractivity (Wildman–Crippen MR) is 126 cm³/mol. The van der Waals surface area contributed by atoms with E-state index in [-0.39, 0.29) is 48.9 Å². The lowest BCUT2D eigenvalue weighted by atomic mass is 9.73.